The van der Waals surface area contributed by atoms with Gasteiger partial charge in [-0.2, -0.15) is 5.10 Å². The van der Waals surface area contributed by atoms with E-state index in [-0.39, 0.29) is 11.7 Å². The van der Waals surface area contributed by atoms with Gasteiger partial charge in [0.05, 0.1) is 5.69 Å². The normalized spacial score (nSPS) is 10.2. The van der Waals surface area contributed by atoms with Crippen LogP contribution < -0.4 is 5.32 Å². The predicted molar refractivity (Wildman–Crippen MR) is 71.1 cm³/mol. The van der Waals surface area contributed by atoms with E-state index >= 15 is 0 Å². The largest absolute Gasteiger partial charge is 0.347 e. The lowest BCUT2D eigenvalue weighted by molar-refractivity contribution is 0.0952. The summed E-state index contributed by atoms with van der Waals surface area (Å²) in [5.74, 6) is -0.602. The van der Waals surface area contributed by atoms with Gasteiger partial charge in [-0.3, -0.25) is 9.48 Å². The Morgan fingerprint density at radius 1 is 1.53 bits per heavy atom. The number of rotatable bonds is 4. The molecule has 0 aliphatic rings. The second-order valence-electron chi connectivity index (χ2n) is 4.05. The van der Waals surface area contributed by atoms with E-state index in [1.165, 1.54) is 12.1 Å². The Morgan fingerprint density at radius 3 is 3.00 bits per heavy atom. The molecule has 2 aromatic rings. The van der Waals surface area contributed by atoms with E-state index in [0.717, 1.165) is 0 Å². The zero-order valence-electron chi connectivity index (χ0n) is 10.6. The van der Waals surface area contributed by atoms with Gasteiger partial charge in [0.15, 0.2) is 5.69 Å². The molecule has 0 aliphatic carbocycles. The fraction of sp³-hybridized carbons (Fsp3) is 0.143. The van der Waals surface area contributed by atoms with Crippen LogP contribution in [-0.2, 0) is 7.05 Å². The van der Waals surface area contributed by atoms with Crippen LogP contribution in [0.3, 0.4) is 0 Å². The van der Waals surface area contributed by atoms with E-state index in [1.807, 2.05) is 0 Å². The van der Waals surface area contributed by atoms with E-state index in [1.54, 1.807) is 36.0 Å². The maximum atomic E-state index is 13.2. The number of aryl methyl sites for hydroxylation is 1. The van der Waals surface area contributed by atoms with Crippen molar-refractivity contribution in [2.45, 2.75) is 0 Å². The van der Waals surface area contributed by atoms with Gasteiger partial charge in [0.2, 0.25) is 0 Å². The molecule has 2 rings (SSSR count). The van der Waals surface area contributed by atoms with Gasteiger partial charge >= 0.3 is 0 Å². The molecule has 0 atom stereocenters. The lowest BCUT2D eigenvalue weighted by Gasteiger charge is -2.00. The molecule has 0 bridgehead atoms. The van der Waals surface area contributed by atoms with E-state index in [2.05, 4.69) is 17.0 Å². The SMILES string of the molecule is C=CCNC(=O)c1cc(-c2cccc(F)c2)n(C)n1. The average molecular weight is 259 g/mol. The molecule has 0 saturated heterocycles. The molecule has 5 heteroatoms. The van der Waals surface area contributed by atoms with Crippen molar-refractivity contribution in [1.82, 2.24) is 15.1 Å². The fourth-order valence-corrected chi connectivity index (χ4v) is 1.75. The van der Waals surface area contributed by atoms with Crippen LogP contribution in [0.5, 0.6) is 0 Å². The molecule has 98 valence electrons. The molecule has 0 fully saturated rings. The number of carbonyl (C=O) groups is 1. The fourth-order valence-electron chi connectivity index (χ4n) is 1.75. The van der Waals surface area contributed by atoms with E-state index in [9.17, 15) is 9.18 Å². The summed E-state index contributed by atoms with van der Waals surface area (Å²) in [6, 6.07) is 7.80. The third-order valence-electron chi connectivity index (χ3n) is 2.64. The molecule has 1 N–H and O–H groups in total. The van der Waals surface area contributed by atoms with Crippen LogP contribution in [0.1, 0.15) is 10.5 Å². The van der Waals surface area contributed by atoms with Gasteiger partial charge in [-0.1, -0.05) is 18.2 Å². The second kappa shape index (κ2) is 5.48. The van der Waals surface area contributed by atoms with Gasteiger partial charge in [-0.05, 0) is 18.2 Å². The van der Waals surface area contributed by atoms with Crippen LogP contribution in [0.2, 0.25) is 0 Å². The number of amides is 1. The topological polar surface area (TPSA) is 46.9 Å². The molecule has 19 heavy (non-hydrogen) atoms. The summed E-state index contributed by atoms with van der Waals surface area (Å²) in [5.41, 5.74) is 1.66. The predicted octanol–water partition coefficient (Wildman–Crippen LogP) is 2.14. The van der Waals surface area contributed by atoms with Crippen LogP contribution >= 0.6 is 0 Å². The first-order chi connectivity index (χ1) is 9.11. The molecule has 1 aromatic heterocycles. The third-order valence-corrected chi connectivity index (χ3v) is 2.64. The summed E-state index contributed by atoms with van der Waals surface area (Å²) in [7, 11) is 1.71. The van der Waals surface area contributed by atoms with Crippen LogP contribution in [0, 0.1) is 5.82 Å². The number of aromatic nitrogens is 2. The summed E-state index contributed by atoms with van der Waals surface area (Å²) in [5, 5.41) is 6.76. The van der Waals surface area contributed by atoms with Gasteiger partial charge < -0.3 is 5.32 Å². The van der Waals surface area contributed by atoms with Crippen molar-refractivity contribution in [2.75, 3.05) is 6.54 Å². The van der Waals surface area contributed by atoms with E-state index in [0.29, 0.717) is 23.5 Å². The molecule has 0 spiro atoms. The molecule has 1 heterocycles. The van der Waals surface area contributed by atoms with Crippen molar-refractivity contribution >= 4 is 5.91 Å². The monoisotopic (exact) mass is 259 g/mol. The van der Waals surface area contributed by atoms with Gasteiger partial charge in [0.1, 0.15) is 5.82 Å². The Labute approximate surface area is 110 Å². The number of hydrogen-bond donors (Lipinski definition) is 1. The number of nitrogens with zero attached hydrogens (tertiary/aromatic N) is 2. The smallest absolute Gasteiger partial charge is 0.272 e. The first-order valence-electron chi connectivity index (χ1n) is 5.81. The molecule has 1 amide bonds. The van der Waals surface area contributed by atoms with Crippen molar-refractivity contribution in [2.24, 2.45) is 7.05 Å². The van der Waals surface area contributed by atoms with E-state index in [4.69, 9.17) is 0 Å². The molecule has 4 nitrogen and oxygen atoms in total. The van der Waals surface area contributed by atoms with Crippen LogP contribution in [-0.4, -0.2) is 22.2 Å². The van der Waals surface area contributed by atoms with Crippen molar-refractivity contribution < 1.29 is 9.18 Å². The summed E-state index contributed by atoms with van der Waals surface area (Å²) in [6.07, 6.45) is 1.59. The quantitative estimate of drug-likeness (QED) is 0.855. The minimum absolute atomic E-state index is 0.279. The highest BCUT2D eigenvalue weighted by atomic mass is 19.1. The maximum Gasteiger partial charge on any atom is 0.272 e. The van der Waals surface area contributed by atoms with Gasteiger partial charge in [-0.15, -0.1) is 6.58 Å². The van der Waals surface area contributed by atoms with Crippen LogP contribution in [0.25, 0.3) is 11.3 Å². The standard InChI is InChI=1S/C14H14FN3O/c1-3-7-16-14(19)12-9-13(18(2)17-12)10-5-4-6-11(15)8-10/h3-6,8-9H,1,7H2,2H3,(H,16,19). The summed E-state index contributed by atoms with van der Waals surface area (Å²) in [4.78, 5) is 11.8. The minimum atomic E-state index is -0.323. The van der Waals surface area contributed by atoms with Gasteiger partial charge in [0, 0.05) is 19.2 Å². The lowest BCUT2D eigenvalue weighted by Crippen LogP contribution is -2.23. The molecule has 0 radical (unpaired) electrons. The van der Waals surface area contributed by atoms with Crippen molar-refractivity contribution in [1.29, 1.82) is 0 Å². The Morgan fingerprint density at radius 2 is 2.32 bits per heavy atom. The lowest BCUT2D eigenvalue weighted by atomic mass is 10.1. The number of halogens is 1. The number of carbonyl (C=O) groups excluding carboxylic acids is 1. The molecule has 0 unspecified atom stereocenters. The van der Waals surface area contributed by atoms with Gasteiger partial charge in [0.25, 0.3) is 5.91 Å². The number of benzene rings is 1. The minimum Gasteiger partial charge on any atom is -0.347 e. The maximum absolute atomic E-state index is 13.2. The van der Waals surface area contributed by atoms with Crippen LogP contribution in [0.4, 0.5) is 4.39 Å². The first-order valence-corrected chi connectivity index (χ1v) is 5.81. The summed E-state index contributed by atoms with van der Waals surface area (Å²) < 4.78 is 14.7. The zero-order valence-corrected chi connectivity index (χ0v) is 10.6. The van der Waals surface area contributed by atoms with Crippen molar-refractivity contribution in [3.63, 3.8) is 0 Å². The molecular formula is C14H14FN3O. The summed E-state index contributed by atoms with van der Waals surface area (Å²) in [6.45, 7) is 3.90. The van der Waals surface area contributed by atoms with Gasteiger partial charge in [-0.25, -0.2) is 4.39 Å². The highest BCUT2D eigenvalue weighted by Crippen LogP contribution is 2.20. The van der Waals surface area contributed by atoms with Crippen molar-refractivity contribution in [3.05, 3.63) is 54.5 Å². The molecular weight excluding hydrogens is 245 g/mol. The number of hydrogen-bond acceptors (Lipinski definition) is 2. The Kier molecular flexibility index (Phi) is 3.75. The highest BCUT2D eigenvalue weighted by Gasteiger charge is 2.13. The number of nitrogens with one attached hydrogen (secondary N) is 1. The Balaban J connectivity index is 2.31. The van der Waals surface area contributed by atoms with E-state index < -0.39 is 0 Å². The van der Waals surface area contributed by atoms with Crippen LogP contribution in [0.15, 0.2) is 43.0 Å². The average Bonchev–Trinajstić information content (AvgIpc) is 2.78. The summed E-state index contributed by atoms with van der Waals surface area (Å²) >= 11 is 0. The molecule has 1 aromatic carbocycles. The first kappa shape index (κ1) is 13.0. The Bertz CT molecular complexity index is 619. The third kappa shape index (κ3) is 2.88. The highest BCUT2D eigenvalue weighted by molar-refractivity contribution is 5.93. The second-order valence-corrected chi connectivity index (χ2v) is 4.05. The van der Waals surface area contributed by atoms with Crippen molar-refractivity contribution in [3.8, 4) is 11.3 Å². The molecule has 0 aliphatic heterocycles. The zero-order chi connectivity index (χ0) is 13.8. The Hall–Kier alpha value is -2.43. The molecule has 0 saturated carbocycles.